The zero-order chi connectivity index (χ0) is 13.7. The van der Waals surface area contributed by atoms with Crippen LogP contribution in [0.2, 0.25) is 0 Å². The molecule has 1 heterocycles. The summed E-state index contributed by atoms with van der Waals surface area (Å²) < 4.78 is 13.6. The summed E-state index contributed by atoms with van der Waals surface area (Å²) in [5, 5.41) is 9.20. The topological polar surface area (TPSA) is 49.5 Å². The summed E-state index contributed by atoms with van der Waals surface area (Å²) in [6, 6.07) is 6.46. The average molecular weight is 266 g/mol. The molecule has 1 aliphatic rings. The predicted molar refractivity (Wildman–Crippen MR) is 74.2 cm³/mol. The van der Waals surface area contributed by atoms with Gasteiger partial charge in [-0.05, 0) is 44.3 Å². The van der Waals surface area contributed by atoms with Crippen LogP contribution in [0.1, 0.15) is 30.9 Å². The summed E-state index contributed by atoms with van der Waals surface area (Å²) in [6.45, 7) is 3.11. The second-order valence-corrected chi connectivity index (χ2v) is 5.41. The Labute approximate surface area is 114 Å². The maximum Gasteiger partial charge on any atom is 0.127 e. The Balaban J connectivity index is 1.83. The van der Waals surface area contributed by atoms with Crippen molar-refractivity contribution in [2.75, 3.05) is 26.2 Å². The third-order valence-corrected chi connectivity index (χ3v) is 3.92. The Bertz CT molecular complexity index is 399. The van der Waals surface area contributed by atoms with Crippen molar-refractivity contribution in [1.82, 2.24) is 4.90 Å². The van der Waals surface area contributed by atoms with Crippen LogP contribution in [0.4, 0.5) is 4.39 Å². The molecule has 4 heteroatoms. The van der Waals surface area contributed by atoms with Gasteiger partial charge in [-0.25, -0.2) is 4.39 Å². The van der Waals surface area contributed by atoms with Crippen LogP contribution in [0.5, 0.6) is 0 Å². The average Bonchev–Trinajstić information content (AvgIpc) is 2.45. The van der Waals surface area contributed by atoms with Crippen LogP contribution in [-0.2, 0) is 0 Å². The highest BCUT2D eigenvalue weighted by Crippen LogP contribution is 2.20. The monoisotopic (exact) mass is 266 g/mol. The number of benzene rings is 1. The zero-order valence-electron chi connectivity index (χ0n) is 11.3. The van der Waals surface area contributed by atoms with E-state index in [1.54, 1.807) is 12.1 Å². The standard InChI is InChI=1S/C15H23FN2O/c16-14-6-2-1-5-13(14)15(17)7-9-18-8-3-4-12(10-18)11-19/h1-2,5-6,12,15,19H,3-4,7-11,17H2. The molecule has 3 N–H and O–H groups in total. The molecule has 0 aromatic heterocycles. The molecule has 106 valence electrons. The van der Waals surface area contributed by atoms with Gasteiger partial charge in [0.15, 0.2) is 0 Å². The van der Waals surface area contributed by atoms with Gasteiger partial charge in [-0.15, -0.1) is 0 Å². The SMILES string of the molecule is NC(CCN1CCCC(CO)C1)c1ccccc1F. The van der Waals surface area contributed by atoms with E-state index >= 15 is 0 Å². The lowest BCUT2D eigenvalue weighted by Gasteiger charge is -2.32. The molecule has 1 aromatic rings. The van der Waals surface area contributed by atoms with Gasteiger partial charge < -0.3 is 15.7 Å². The minimum atomic E-state index is -0.254. The van der Waals surface area contributed by atoms with E-state index in [0.717, 1.165) is 38.9 Å². The fourth-order valence-corrected chi connectivity index (χ4v) is 2.76. The van der Waals surface area contributed by atoms with E-state index in [1.807, 2.05) is 6.07 Å². The van der Waals surface area contributed by atoms with Crippen molar-refractivity contribution in [2.45, 2.75) is 25.3 Å². The maximum atomic E-state index is 13.6. The molecular formula is C15H23FN2O. The number of halogens is 1. The Kier molecular flexibility index (Phi) is 5.31. The van der Waals surface area contributed by atoms with Gasteiger partial charge in [0, 0.05) is 24.8 Å². The van der Waals surface area contributed by atoms with Crippen LogP contribution in [0.3, 0.4) is 0 Å². The first-order chi connectivity index (χ1) is 9.20. The first-order valence-corrected chi connectivity index (χ1v) is 7.04. The van der Waals surface area contributed by atoms with Crippen molar-refractivity contribution in [3.63, 3.8) is 0 Å². The van der Waals surface area contributed by atoms with Crippen molar-refractivity contribution < 1.29 is 9.50 Å². The van der Waals surface area contributed by atoms with E-state index in [4.69, 9.17) is 5.73 Å². The van der Waals surface area contributed by atoms with Crippen molar-refractivity contribution in [3.05, 3.63) is 35.6 Å². The van der Waals surface area contributed by atoms with Crippen molar-refractivity contribution in [3.8, 4) is 0 Å². The molecule has 3 nitrogen and oxygen atoms in total. The third kappa shape index (κ3) is 4.00. The Hall–Kier alpha value is -0.970. The Morgan fingerprint density at radius 3 is 2.95 bits per heavy atom. The highest BCUT2D eigenvalue weighted by molar-refractivity contribution is 5.20. The van der Waals surface area contributed by atoms with E-state index in [0.29, 0.717) is 11.5 Å². The van der Waals surface area contributed by atoms with Crippen molar-refractivity contribution >= 4 is 0 Å². The highest BCUT2D eigenvalue weighted by Gasteiger charge is 2.20. The van der Waals surface area contributed by atoms with Crippen molar-refractivity contribution in [2.24, 2.45) is 11.7 Å². The number of likely N-dealkylation sites (tertiary alicyclic amines) is 1. The Morgan fingerprint density at radius 1 is 1.42 bits per heavy atom. The lowest BCUT2D eigenvalue weighted by atomic mass is 9.98. The van der Waals surface area contributed by atoms with E-state index < -0.39 is 0 Å². The van der Waals surface area contributed by atoms with Crippen LogP contribution in [0.15, 0.2) is 24.3 Å². The molecule has 0 amide bonds. The van der Waals surface area contributed by atoms with Crippen LogP contribution in [0, 0.1) is 11.7 Å². The maximum absolute atomic E-state index is 13.6. The Morgan fingerprint density at radius 2 is 2.21 bits per heavy atom. The lowest BCUT2D eigenvalue weighted by molar-refractivity contribution is 0.118. The van der Waals surface area contributed by atoms with Gasteiger partial charge >= 0.3 is 0 Å². The normalized spacial score (nSPS) is 22.4. The fraction of sp³-hybridized carbons (Fsp3) is 0.600. The van der Waals surface area contributed by atoms with Gasteiger partial charge in [0.05, 0.1) is 0 Å². The van der Waals surface area contributed by atoms with Gasteiger partial charge in [-0.3, -0.25) is 0 Å². The third-order valence-electron chi connectivity index (χ3n) is 3.92. The first-order valence-electron chi connectivity index (χ1n) is 7.04. The van der Waals surface area contributed by atoms with Gasteiger partial charge in [0.25, 0.3) is 0 Å². The molecule has 0 bridgehead atoms. The van der Waals surface area contributed by atoms with Crippen LogP contribution < -0.4 is 5.73 Å². The smallest absolute Gasteiger partial charge is 0.127 e. The lowest BCUT2D eigenvalue weighted by Crippen LogP contribution is -2.38. The van der Waals surface area contributed by atoms with Gasteiger partial charge in [-0.1, -0.05) is 18.2 Å². The van der Waals surface area contributed by atoms with E-state index in [9.17, 15) is 9.50 Å². The molecule has 0 saturated carbocycles. The van der Waals surface area contributed by atoms with Crippen molar-refractivity contribution in [1.29, 1.82) is 0 Å². The van der Waals surface area contributed by atoms with Gasteiger partial charge in [-0.2, -0.15) is 0 Å². The molecule has 2 rings (SSSR count). The number of hydrogen-bond acceptors (Lipinski definition) is 3. The molecule has 0 aliphatic carbocycles. The fourth-order valence-electron chi connectivity index (χ4n) is 2.76. The number of nitrogens with two attached hydrogens (primary N) is 1. The minimum Gasteiger partial charge on any atom is -0.396 e. The minimum absolute atomic E-state index is 0.220. The second-order valence-electron chi connectivity index (χ2n) is 5.41. The summed E-state index contributed by atoms with van der Waals surface area (Å²) in [5.41, 5.74) is 6.66. The number of aliphatic hydroxyl groups excluding tert-OH is 1. The quantitative estimate of drug-likeness (QED) is 0.856. The van der Waals surface area contributed by atoms with Crippen LogP contribution >= 0.6 is 0 Å². The number of aliphatic hydroxyl groups is 1. The molecule has 2 atom stereocenters. The van der Waals surface area contributed by atoms with E-state index in [2.05, 4.69) is 4.90 Å². The molecule has 19 heavy (non-hydrogen) atoms. The molecule has 1 fully saturated rings. The number of nitrogens with zero attached hydrogens (tertiary/aromatic N) is 1. The molecule has 2 unspecified atom stereocenters. The van der Waals surface area contributed by atoms with E-state index in [-0.39, 0.29) is 18.5 Å². The highest BCUT2D eigenvalue weighted by atomic mass is 19.1. The zero-order valence-corrected chi connectivity index (χ0v) is 11.3. The molecule has 0 spiro atoms. The van der Waals surface area contributed by atoms with Crippen LogP contribution in [-0.4, -0.2) is 36.2 Å². The summed E-state index contributed by atoms with van der Waals surface area (Å²) >= 11 is 0. The predicted octanol–water partition coefficient (Wildman–Crippen LogP) is 1.92. The number of rotatable bonds is 5. The molecule has 1 saturated heterocycles. The number of hydrogen-bond donors (Lipinski definition) is 2. The first kappa shape index (κ1) is 14.4. The summed E-state index contributed by atoms with van der Waals surface area (Å²) in [5.74, 6) is 0.167. The molecular weight excluding hydrogens is 243 g/mol. The summed E-state index contributed by atoms with van der Waals surface area (Å²) in [4.78, 5) is 2.32. The second kappa shape index (κ2) is 6.98. The molecule has 1 aliphatic heterocycles. The molecule has 1 aromatic carbocycles. The largest absolute Gasteiger partial charge is 0.396 e. The summed E-state index contributed by atoms with van der Waals surface area (Å²) in [7, 11) is 0. The summed E-state index contributed by atoms with van der Waals surface area (Å²) in [6.07, 6.45) is 2.98. The van der Waals surface area contributed by atoms with Gasteiger partial charge in [0.2, 0.25) is 0 Å². The van der Waals surface area contributed by atoms with E-state index in [1.165, 1.54) is 6.07 Å². The van der Waals surface area contributed by atoms with Crippen LogP contribution in [0.25, 0.3) is 0 Å². The number of piperidine rings is 1. The molecule has 0 radical (unpaired) electrons. The van der Waals surface area contributed by atoms with Gasteiger partial charge in [0.1, 0.15) is 5.82 Å².